The van der Waals surface area contributed by atoms with Crippen LogP contribution < -0.4 is 10.3 Å². The fraction of sp³-hybridized carbons (Fsp3) is 0.0625. The van der Waals surface area contributed by atoms with Crippen LogP contribution in [0.5, 0.6) is 5.75 Å². The van der Waals surface area contributed by atoms with E-state index in [9.17, 15) is 9.59 Å². The predicted molar refractivity (Wildman–Crippen MR) is 77.3 cm³/mol. The normalized spacial score (nSPS) is 12.3. The molecule has 5 heteroatoms. The van der Waals surface area contributed by atoms with Gasteiger partial charge in [0.15, 0.2) is 5.82 Å². The summed E-state index contributed by atoms with van der Waals surface area (Å²) in [6, 6.07) is 12.2. The van der Waals surface area contributed by atoms with Gasteiger partial charge in [-0.25, -0.2) is 4.98 Å². The molecule has 0 unspecified atom stereocenters. The summed E-state index contributed by atoms with van der Waals surface area (Å²) < 4.78 is 6.61. The maximum Gasteiger partial charge on any atom is 0.266 e. The lowest BCUT2D eigenvalue weighted by Crippen LogP contribution is -2.21. The van der Waals surface area contributed by atoms with Crippen molar-refractivity contribution in [3.05, 3.63) is 64.2 Å². The van der Waals surface area contributed by atoms with Gasteiger partial charge in [0.2, 0.25) is 5.78 Å². The summed E-state index contributed by atoms with van der Waals surface area (Å²) in [6.45, 7) is 0. The number of fused-ring (bicyclic) bond motifs is 4. The molecule has 0 bridgehead atoms. The van der Waals surface area contributed by atoms with E-state index in [4.69, 9.17) is 4.74 Å². The molecule has 0 atom stereocenters. The Balaban J connectivity index is 2.20. The van der Waals surface area contributed by atoms with E-state index in [1.165, 1.54) is 11.7 Å². The number of hydrogen-bond acceptors (Lipinski definition) is 4. The predicted octanol–water partition coefficient (Wildman–Crippen LogP) is 1.94. The quantitative estimate of drug-likeness (QED) is 0.534. The number of hydrogen-bond donors (Lipinski definition) is 0. The van der Waals surface area contributed by atoms with Crippen LogP contribution in [0, 0.1) is 0 Å². The van der Waals surface area contributed by atoms with Crippen molar-refractivity contribution >= 4 is 16.7 Å². The third-order valence-electron chi connectivity index (χ3n) is 3.67. The van der Waals surface area contributed by atoms with Gasteiger partial charge in [-0.1, -0.05) is 18.2 Å². The number of carbonyl (C=O) groups is 1. The maximum atomic E-state index is 12.7. The Labute approximate surface area is 119 Å². The SMILES string of the molecule is COc1cccc2c(=O)n3c(nc12)C(=O)c1ccccc1-3. The van der Waals surface area contributed by atoms with Gasteiger partial charge in [-0.05, 0) is 24.3 Å². The fourth-order valence-corrected chi connectivity index (χ4v) is 2.70. The van der Waals surface area contributed by atoms with Crippen LogP contribution in [0.4, 0.5) is 0 Å². The van der Waals surface area contributed by atoms with Gasteiger partial charge in [-0.2, -0.15) is 0 Å². The van der Waals surface area contributed by atoms with E-state index in [0.717, 1.165) is 0 Å². The Kier molecular flexibility index (Phi) is 2.27. The molecule has 5 nitrogen and oxygen atoms in total. The van der Waals surface area contributed by atoms with Crippen molar-refractivity contribution in [3.8, 4) is 11.4 Å². The summed E-state index contributed by atoms with van der Waals surface area (Å²) in [5.41, 5.74) is 1.24. The number of aromatic nitrogens is 2. The van der Waals surface area contributed by atoms with Crippen LogP contribution in [0.3, 0.4) is 0 Å². The van der Waals surface area contributed by atoms with Crippen LogP contribution in [0.1, 0.15) is 16.2 Å². The van der Waals surface area contributed by atoms with Gasteiger partial charge in [0, 0.05) is 0 Å². The van der Waals surface area contributed by atoms with Crippen molar-refractivity contribution in [1.29, 1.82) is 0 Å². The summed E-state index contributed by atoms with van der Waals surface area (Å²) in [6.07, 6.45) is 0. The summed E-state index contributed by atoms with van der Waals surface area (Å²) >= 11 is 0. The number of nitrogens with zero attached hydrogens (tertiary/aromatic N) is 2. The van der Waals surface area contributed by atoms with Gasteiger partial charge in [-0.3, -0.25) is 14.2 Å². The summed E-state index contributed by atoms with van der Waals surface area (Å²) in [5.74, 6) is 0.380. The van der Waals surface area contributed by atoms with Gasteiger partial charge in [-0.15, -0.1) is 0 Å². The zero-order chi connectivity index (χ0) is 14.6. The number of ether oxygens (including phenoxy) is 1. The second kappa shape index (κ2) is 4.02. The largest absolute Gasteiger partial charge is 0.494 e. The Hall–Kier alpha value is -2.95. The minimum atomic E-state index is -0.257. The zero-order valence-electron chi connectivity index (χ0n) is 11.2. The molecule has 102 valence electrons. The van der Waals surface area contributed by atoms with Crippen molar-refractivity contribution in [1.82, 2.24) is 9.55 Å². The average Bonchev–Trinajstić information content (AvgIpc) is 2.81. The van der Waals surface area contributed by atoms with Gasteiger partial charge in [0.25, 0.3) is 5.56 Å². The number of para-hydroxylation sites is 2. The second-order valence-electron chi connectivity index (χ2n) is 4.78. The minimum absolute atomic E-state index is 0.137. The molecule has 0 fully saturated rings. The molecule has 0 amide bonds. The first-order valence-electron chi connectivity index (χ1n) is 6.46. The highest BCUT2D eigenvalue weighted by atomic mass is 16.5. The molecule has 21 heavy (non-hydrogen) atoms. The lowest BCUT2D eigenvalue weighted by molar-refractivity contribution is 0.103. The Bertz CT molecular complexity index is 973. The lowest BCUT2D eigenvalue weighted by atomic mass is 10.1. The summed E-state index contributed by atoms with van der Waals surface area (Å²) in [5, 5.41) is 0.433. The van der Waals surface area contributed by atoms with Crippen LogP contribution in [0.2, 0.25) is 0 Å². The highest BCUT2D eigenvalue weighted by Crippen LogP contribution is 2.28. The standard InChI is InChI=1S/C16H10N2O3/c1-21-12-8-4-6-10-13(12)17-15-14(19)9-5-2-3-7-11(9)18(15)16(10)20/h2-8H,1H3. The summed E-state index contributed by atoms with van der Waals surface area (Å²) in [4.78, 5) is 29.5. The third kappa shape index (κ3) is 1.43. The molecule has 0 N–H and O–H groups in total. The van der Waals surface area contributed by atoms with Crippen LogP contribution in [-0.4, -0.2) is 22.4 Å². The van der Waals surface area contributed by atoms with E-state index >= 15 is 0 Å². The molecule has 1 aromatic heterocycles. The van der Waals surface area contributed by atoms with E-state index in [-0.39, 0.29) is 17.2 Å². The molecular formula is C16H10N2O3. The zero-order valence-corrected chi connectivity index (χ0v) is 11.2. The van der Waals surface area contributed by atoms with Crippen molar-refractivity contribution in [2.45, 2.75) is 0 Å². The number of rotatable bonds is 1. The number of ketones is 1. The fourth-order valence-electron chi connectivity index (χ4n) is 2.70. The maximum absolute atomic E-state index is 12.7. The van der Waals surface area contributed by atoms with Crippen LogP contribution in [0.25, 0.3) is 16.6 Å². The lowest BCUT2D eigenvalue weighted by Gasteiger charge is -2.08. The van der Waals surface area contributed by atoms with Gasteiger partial charge < -0.3 is 4.74 Å². The number of carbonyl (C=O) groups excluding carboxylic acids is 1. The molecule has 0 saturated carbocycles. The smallest absolute Gasteiger partial charge is 0.266 e. The molecule has 0 radical (unpaired) electrons. The van der Waals surface area contributed by atoms with Gasteiger partial charge in [0.1, 0.15) is 11.3 Å². The molecule has 2 aromatic carbocycles. The van der Waals surface area contributed by atoms with E-state index in [1.54, 1.807) is 42.5 Å². The highest BCUT2D eigenvalue weighted by Gasteiger charge is 2.30. The monoisotopic (exact) mass is 278 g/mol. The van der Waals surface area contributed by atoms with Crippen molar-refractivity contribution in [2.75, 3.05) is 7.11 Å². The first-order chi connectivity index (χ1) is 10.2. The molecule has 0 spiro atoms. The second-order valence-corrected chi connectivity index (χ2v) is 4.78. The topological polar surface area (TPSA) is 61.2 Å². The van der Waals surface area contributed by atoms with Crippen LogP contribution in [-0.2, 0) is 0 Å². The van der Waals surface area contributed by atoms with Gasteiger partial charge >= 0.3 is 0 Å². The van der Waals surface area contributed by atoms with E-state index in [1.807, 2.05) is 0 Å². The first kappa shape index (κ1) is 11.8. The molecule has 3 aromatic rings. The van der Waals surface area contributed by atoms with E-state index in [2.05, 4.69) is 4.98 Å². The first-order valence-corrected chi connectivity index (χ1v) is 6.46. The molecule has 2 heterocycles. The Morgan fingerprint density at radius 2 is 1.86 bits per heavy atom. The molecule has 1 aliphatic heterocycles. The molecule has 4 rings (SSSR count). The van der Waals surface area contributed by atoms with E-state index in [0.29, 0.717) is 27.9 Å². The number of benzene rings is 2. The number of methoxy groups -OCH3 is 1. The van der Waals surface area contributed by atoms with Crippen molar-refractivity contribution in [2.24, 2.45) is 0 Å². The minimum Gasteiger partial charge on any atom is -0.494 e. The molecule has 1 aliphatic rings. The van der Waals surface area contributed by atoms with Gasteiger partial charge in [0.05, 0.1) is 23.7 Å². The average molecular weight is 278 g/mol. The molecule has 0 aliphatic carbocycles. The van der Waals surface area contributed by atoms with Crippen molar-refractivity contribution in [3.63, 3.8) is 0 Å². The Morgan fingerprint density at radius 1 is 1.05 bits per heavy atom. The van der Waals surface area contributed by atoms with Crippen molar-refractivity contribution < 1.29 is 9.53 Å². The third-order valence-corrected chi connectivity index (χ3v) is 3.67. The molecule has 0 saturated heterocycles. The molecular weight excluding hydrogens is 268 g/mol. The highest BCUT2D eigenvalue weighted by molar-refractivity contribution is 6.13. The van der Waals surface area contributed by atoms with Crippen LogP contribution >= 0.6 is 0 Å². The Morgan fingerprint density at radius 3 is 2.67 bits per heavy atom. The summed E-state index contributed by atoms with van der Waals surface area (Å²) in [7, 11) is 1.51. The van der Waals surface area contributed by atoms with E-state index < -0.39 is 0 Å². The van der Waals surface area contributed by atoms with Crippen LogP contribution in [0.15, 0.2) is 47.3 Å².